The first-order chi connectivity index (χ1) is 14.1. The molecule has 6 nitrogen and oxygen atoms in total. The number of carbonyl (C=O) groups is 1. The Labute approximate surface area is 180 Å². The van der Waals surface area contributed by atoms with Crippen LogP contribution in [0.15, 0.2) is 70.9 Å². The number of thiophene rings is 1. The molecule has 1 heterocycles. The topological polar surface area (TPSA) is 84.5 Å². The van der Waals surface area contributed by atoms with E-state index in [0.717, 1.165) is 6.26 Å². The number of carbonyl (C=O) groups excluding carboxylic acids is 1. The predicted octanol–water partition coefficient (Wildman–Crippen LogP) is 5.04. The van der Waals surface area contributed by atoms with Crippen LogP contribution in [0.25, 0.3) is 0 Å². The molecule has 1 aromatic heterocycles. The third kappa shape index (κ3) is 5.84. The maximum Gasteiger partial charge on any atom is 0.319 e. The van der Waals surface area contributed by atoms with Crippen molar-refractivity contribution in [3.05, 3.63) is 70.9 Å². The molecular weight excluding hydrogens is 420 g/mol. The first-order valence-electron chi connectivity index (χ1n) is 9.30. The van der Waals surface area contributed by atoms with Crippen molar-refractivity contribution in [1.29, 1.82) is 0 Å². The van der Waals surface area contributed by atoms with Gasteiger partial charge in [0.2, 0.25) is 0 Å². The van der Waals surface area contributed by atoms with Crippen LogP contribution in [0.2, 0.25) is 0 Å². The van der Waals surface area contributed by atoms with Crippen LogP contribution in [0, 0.1) is 0 Å². The minimum Gasteiger partial charge on any atom is -0.457 e. The molecule has 3 rings (SSSR count). The van der Waals surface area contributed by atoms with Crippen LogP contribution in [0.4, 0.5) is 10.5 Å². The largest absolute Gasteiger partial charge is 0.457 e. The number of nitrogens with one attached hydrogen (secondary N) is 2. The molecule has 0 aliphatic rings. The summed E-state index contributed by atoms with van der Waals surface area (Å²) in [6, 6.07) is 17.0. The summed E-state index contributed by atoms with van der Waals surface area (Å²) in [5.41, 5.74) is 0.497. The van der Waals surface area contributed by atoms with Gasteiger partial charge in [-0.15, -0.1) is 11.3 Å². The fraction of sp³-hybridized carbons (Fsp3) is 0.227. The molecule has 158 valence electrons. The van der Waals surface area contributed by atoms with Crippen molar-refractivity contribution in [1.82, 2.24) is 5.32 Å². The Hall–Kier alpha value is -2.84. The number of sulfone groups is 1. The lowest BCUT2D eigenvalue weighted by molar-refractivity contribution is 0.250. The van der Waals surface area contributed by atoms with E-state index >= 15 is 0 Å². The van der Waals surface area contributed by atoms with E-state index in [2.05, 4.69) is 30.5 Å². The molecule has 0 bridgehead atoms. The zero-order chi connectivity index (χ0) is 21.8. The second-order valence-corrected chi connectivity index (χ2v) is 10.5. The summed E-state index contributed by atoms with van der Waals surface area (Å²) >= 11 is 1.67. The lowest BCUT2D eigenvalue weighted by atomic mass is 9.91. The molecule has 0 radical (unpaired) electrons. The molecule has 0 fully saturated rings. The Morgan fingerprint density at radius 3 is 2.13 bits per heavy atom. The molecular formula is C22H24N2O4S2. The van der Waals surface area contributed by atoms with Crippen molar-refractivity contribution in [2.24, 2.45) is 0 Å². The molecule has 0 atom stereocenters. The molecule has 8 heteroatoms. The number of anilines is 1. The SMILES string of the molecule is CC(C)(CNC(=O)Nc1ccc(Oc2ccc(S(C)(=O)=O)cc2)cc1)c1cccs1. The lowest BCUT2D eigenvalue weighted by Gasteiger charge is -2.23. The first-order valence-corrected chi connectivity index (χ1v) is 12.1. The molecule has 0 saturated heterocycles. The second kappa shape index (κ2) is 8.89. The van der Waals surface area contributed by atoms with Gasteiger partial charge < -0.3 is 15.4 Å². The highest BCUT2D eigenvalue weighted by molar-refractivity contribution is 7.90. The Balaban J connectivity index is 1.53. The summed E-state index contributed by atoms with van der Waals surface area (Å²) in [4.78, 5) is 13.7. The van der Waals surface area contributed by atoms with Crippen molar-refractivity contribution in [3.8, 4) is 11.5 Å². The van der Waals surface area contributed by atoms with Crippen LogP contribution >= 0.6 is 11.3 Å². The van der Waals surface area contributed by atoms with E-state index in [4.69, 9.17) is 4.74 Å². The number of hydrogen-bond donors (Lipinski definition) is 2. The minimum absolute atomic E-state index is 0.143. The zero-order valence-corrected chi connectivity index (χ0v) is 18.6. The summed E-state index contributed by atoms with van der Waals surface area (Å²) in [6.07, 6.45) is 1.16. The van der Waals surface area contributed by atoms with Gasteiger partial charge in [0.1, 0.15) is 11.5 Å². The van der Waals surface area contributed by atoms with Gasteiger partial charge >= 0.3 is 6.03 Å². The van der Waals surface area contributed by atoms with E-state index in [1.54, 1.807) is 47.7 Å². The molecule has 0 unspecified atom stereocenters. The number of urea groups is 1. The number of amides is 2. The van der Waals surface area contributed by atoms with Crippen molar-refractivity contribution < 1.29 is 17.9 Å². The van der Waals surface area contributed by atoms with Crippen LogP contribution < -0.4 is 15.4 Å². The standard InChI is InChI=1S/C22H24N2O4S2/c1-22(2,20-5-4-14-29-20)15-23-21(25)24-16-6-8-17(9-7-16)28-18-10-12-19(13-11-18)30(3,26)27/h4-14H,15H2,1-3H3,(H2,23,24,25). The number of hydrogen-bond acceptors (Lipinski definition) is 5. The first kappa shape index (κ1) is 21.9. The Morgan fingerprint density at radius 2 is 1.60 bits per heavy atom. The normalized spacial score (nSPS) is 11.7. The number of rotatable bonds is 7. The molecule has 3 aromatic rings. The summed E-state index contributed by atoms with van der Waals surface area (Å²) in [7, 11) is -3.24. The zero-order valence-electron chi connectivity index (χ0n) is 17.0. The fourth-order valence-corrected chi connectivity index (χ4v) is 4.21. The summed E-state index contributed by atoms with van der Waals surface area (Å²) in [5, 5.41) is 7.74. The Kier molecular flexibility index (Phi) is 6.48. The van der Waals surface area contributed by atoms with Gasteiger partial charge in [0.05, 0.1) is 4.90 Å². The maximum atomic E-state index is 12.2. The monoisotopic (exact) mass is 444 g/mol. The Bertz CT molecular complexity index is 1090. The summed E-state index contributed by atoms with van der Waals surface area (Å²) in [6.45, 7) is 4.70. The average molecular weight is 445 g/mol. The van der Waals surface area contributed by atoms with Gasteiger partial charge in [-0.2, -0.15) is 0 Å². The van der Waals surface area contributed by atoms with Gasteiger partial charge in [-0.05, 0) is 60.0 Å². The quantitative estimate of drug-likeness (QED) is 0.534. The van der Waals surface area contributed by atoms with E-state index in [9.17, 15) is 13.2 Å². The molecule has 0 aliphatic carbocycles. The molecule has 2 N–H and O–H groups in total. The number of ether oxygens (including phenoxy) is 1. The van der Waals surface area contributed by atoms with Crippen molar-refractivity contribution >= 4 is 32.9 Å². The van der Waals surface area contributed by atoms with E-state index in [0.29, 0.717) is 23.7 Å². The molecule has 2 aromatic carbocycles. The fourth-order valence-electron chi connectivity index (χ4n) is 2.72. The van der Waals surface area contributed by atoms with Gasteiger partial charge in [0.25, 0.3) is 0 Å². The van der Waals surface area contributed by atoms with E-state index in [1.165, 1.54) is 17.0 Å². The summed E-state index contributed by atoms with van der Waals surface area (Å²) in [5.74, 6) is 1.10. The second-order valence-electron chi connectivity index (χ2n) is 7.54. The average Bonchev–Trinajstić information content (AvgIpc) is 3.24. The van der Waals surface area contributed by atoms with Gasteiger partial charge in [-0.3, -0.25) is 0 Å². The summed E-state index contributed by atoms with van der Waals surface area (Å²) < 4.78 is 28.7. The number of benzene rings is 2. The Morgan fingerprint density at radius 1 is 1.00 bits per heavy atom. The van der Waals surface area contributed by atoms with Crippen LogP contribution in [-0.4, -0.2) is 27.2 Å². The molecule has 30 heavy (non-hydrogen) atoms. The van der Waals surface area contributed by atoms with Crippen molar-refractivity contribution in [2.75, 3.05) is 18.1 Å². The van der Waals surface area contributed by atoms with Crippen LogP contribution in [-0.2, 0) is 15.3 Å². The van der Waals surface area contributed by atoms with Crippen molar-refractivity contribution in [3.63, 3.8) is 0 Å². The molecule has 0 spiro atoms. The molecule has 0 saturated carbocycles. The highest BCUT2D eigenvalue weighted by Crippen LogP contribution is 2.27. The minimum atomic E-state index is -3.24. The highest BCUT2D eigenvalue weighted by Gasteiger charge is 2.22. The van der Waals surface area contributed by atoms with E-state index < -0.39 is 9.84 Å². The third-order valence-electron chi connectivity index (χ3n) is 4.48. The van der Waals surface area contributed by atoms with E-state index in [-0.39, 0.29) is 16.3 Å². The molecule has 0 aliphatic heterocycles. The van der Waals surface area contributed by atoms with Crippen molar-refractivity contribution in [2.45, 2.75) is 24.2 Å². The third-order valence-corrected chi connectivity index (χ3v) is 6.84. The smallest absolute Gasteiger partial charge is 0.319 e. The predicted molar refractivity (Wildman–Crippen MR) is 120 cm³/mol. The van der Waals surface area contributed by atoms with Gasteiger partial charge in [-0.25, -0.2) is 13.2 Å². The lowest BCUT2D eigenvalue weighted by Crippen LogP contribution is -2.38. The highest BCUT2D eigenvalue weighted by atomic mass is 32.2. The van der Waals surface area contributed by atoms with Gasteiger partial charge in [0.15, 0.2) is 9.84 Å². The van der Waals surface area contributed by atoms with Crippen LogP contribution in [0.5, 0.6) is 11.5 Å². The maximum absolute atomic E-state index is 12.2. The molecule has 2 amide bonds. The van der Waals surface area contributed by atoms with Crippen LogP contribution in [0.1, 0.15) is 18.7 Å². The van der Waals surface area contributed by atoms with E-state index in [1.807, 2.05) is 11.4 Å². The van der Waals surface area contributed by atoms with Gasteiger partial charge in [0, 0.05) is 28.8 Å². The van der Waals surface area contributed by atoms with Gasteiger partial charge in [-0.1, -0.05) is 19.9 Å². The van der Waals surface area contributed by atoms with Crippen LogP contribution in [0.3, 0.4) is 0 Å².